The maximum absolute atomic E-state index is 12.6. The van der Waals surface area contributed by atoms with Gasteiger partial charge in [0.15, 0.2) is 0 Å². The topological polar surface area (TPSA) is 59.5 Å². The van der Waals surface area contributed by atoms with E-state index in [9.17, 15) is 4.79 Å². The Labute approximate surface area is 159 Å². The minimum Gasteiger partial charge on any atom is -0.461 e. The van der Waals surface area contributed by atoms with Crippen molar-refractivity contribution in [2.75, 3.05) is 13.1 Å². The molecule has 0 unspecified atom stereocenters. The van der Waals surface area contributed by atoms with Crippen LogP contribution in [0.3, 0.4) is 0 Å². The molecule has 4 nitrogen and oxygen atoms in total. The van der Waals surface area contributed by atoms with Gasteiger partial charge in [0.05, 0.1) is 0 Å². The Morgan fingerprint density at radius 2 is 1.81 bits per heavy atom. The molecule has 26 heavy (non-hydrogen) atoms. The van der Waals surface area contributed by atoms with Crippen LogP contribution in [-0.4, -0.2) is 29.9 Å². The van der Waals surface area contributed by atoms with Crippen molar-refractivity contribution >= 4 is 29.3 Å². The molecule has 0 spiro atoms. The smallest absolute Gasteiger partial charge is 0.223 e. The van der Waals surface area contributed by atoms with E-state index in [-0.39, 0.29) is 30.3 Å². The maximum Gasteiger partial charge on any atom is 0.223 e. The molecule has 0 radical (unpaired) electrons. The number of likely N-dealkylation sites (tertiary alicyclic amines) is 1. The molecule has 1 saturated heterocycles. The van der Waals surface area contributed by atoms with Crippen LogP contribution in [0.5, 0.6) is 0 Å². The van der Waals surface area contributed by atoms with Crippen LogP contribution in [-0.2, 0) is 11.2 Å². The molecule has 2 heterocycles. The van der Waals surface area contributed by atoms with E-state index in [0.29, 0.717) is 25.9 Å². The fourth-order valence-corrected chi connectivity index (χ4v) is 3.63. The summed E-state index contributed by atoms with van der Waals surface area (Å²) in [6, 6.07) is 20.2. The van der Waals surface area contributed by atoms with Crippen molar-refractivity contribution in [2.45, 2.75) is 24.8 Å². The normalized spacial score (nSPS) is 19.5. The minimum absolute atomic E-state index is 0. The van der Waals surface area contributed by atoms with E-state index in [1.165, 1.54) is 5.56 Å². The highest BCUT2D eigenvalue weighted by molar-refractivity contribution is 5.85. The average molecular weight is 371 g/mol. The van der Waals surface area contributed by atoms with Gasteiger partial charge in [0, 0.05) is 43.3 Å². The Balaban J connectivity index is 0.00000196. The number of nitrogens with zero attached hydrogens (tertiary/aromatic N) is 1. The predicted molar refractivity (Wildman–Crippen MR) is 106 cm³/mol. The molecule has 1 aromatic heterocycles. The van der Waals surface area contributed by atoms with E-state index >= 15 is 0 Å². The summed E-state index contributed by atoms with van der Waals surface area (Å²) in [5.74, 6) is 1.23. The Hall–Kier alpha value is -2.30. The van der Waals surface area contributed by atoms with Gasteiger partial charge in [0.1, 0.15) is 11.3 Å². The number of hydrogen-bond donors (Lipinski definition) is 1. The van der Waals surface area contributed by atoms with Crippen molar-refractivity contribution in [2.24, 2.45) is 5.73 Å². The molecule has 0 bridgehead atoms. The van der Waals surface area contributed by atoms with Gasteiger partial charge in [-0.25, -0.2) is 0 Å². The number of benzene rings is 2. The Morgan fingerprint density at radius 3 is 2.58 bits per heavy atom. The zero-order valence-electron chi connectivity index (χ0n) is 14.5. The van der Waals surface area contributed by atoms with E-state index in [1.54, 1.807) is 0 Å². The number of hydrogen-bond acceptors (Lipinski definition) is 3. The quantitative estimate of drug-likeness (QED) is 0.761. The lowest BCUT2D eigenvalue weighted by Gasteiger charge is -2.16. The van der Waals surface area contributed by atoms with Crippen LogP contribution in [0.1, 0.15) is 23.7 Å². The Morgan fingerprint density at radius 1 is 1.08 bits per heavy atom. The fourth-order valence-electron chi connectivity index (χ4n) is 3.63. The van der Waals surface area contributed by atoms with Gasteiger partial charge < -0.3 is 15.1 Å². The first-order valence-corrected chi connectivity index (χ1v) is 8.76. The molecule has 2 aromatic carbocycles. The summed E-state index contributed by atoms with van der Waals surface area (Å²) in [5.41, 5.74) is 8.37. The molecular weight excluding hydrogens is 348 g/mol. The number of para-hydroxylation sites is 1. The van der Waals surface area contributed by atoms with Crippen molar-refractivity contribution in [1.82, 2.24) is 4.90 Å². The molecular formula is C21H23ClN2O2. The molecule has 5 heteroatoms. The number of rotatable bonds is 4. The van der Waals surface area contributed by atoms with Gasteiger partial charge in [0.2, 0.25) is 5.91 Å². The van der Waals surface area contributed by atoms with Crippen LogP contribution in [0.4, 0.5) is 0 Å². The molecule has 3 aromatic rings. The summed E-state index contributed by atoms with van der Waals surface area (Å²) < 4.78 is 5.80. The van der Waals surface area contributed by atoms with Crippen LogP contribution < -0.4 is 5.73 Å². The number of carbonyl (C=O) groups is 1. The zero-order chi connectivity index (χ0) is 17.2. The molecule has 0 aliphatic carbocycles. The third-order valence-electron chi connectivity index (χ3n) is 5.01. The SMILES string of the molecule is Cl.N[C@@H]1CN(C(=O)CCc2cc3ccccc3o2)C[C@H]1c1ccccc1. The number of halogens is 1. The number of aryl methyl sites for hydroxylation is 1. The van der Waals surface area contributed by atoms with Gasteiger partial charge in [0.25, 0.3) is 0 Å². The van der Waals surface area contributed by atoms with Crippen LogP contribution >= 0.6 is 12.4 Å². The first kappa shape index (κ1) is 18.5. The second-order valence-corrected chi connectivity index (χ2v) is 6.73. The number of amides is 1. The number of nitrogens with two attached hydrogens (primary N) is 1. The van der Waals surface area contributed by atoms with Gasteiger partial charge in [-0.1, -0.05) is 48.5 Å². The highest BCUT2D eigenvalue weighted by Gasteiger charge is 2.33. The summed E-state index contributed by atoms with van der Waals surface area (Å²) in [4.78, 5) is 14.5. The van der Waals surface area contributed by atoms with Gasteiger partial charge >= 0.3 is 0 Å². The third-order valence-corrected chi connectivity index (χ3v) is 5.01. The van der Waals surface area contributed by atoms with Gasteiger partial charge in [-0.05, 0) is 17.7 Å². The van der Waals surface area contributed by atoms with E-state index in [0.717, 1.165) is 16.7 Å². The largest absolute Gasteiger partial charge is 0.461 e. The summed E-state index contributed by atoms with van der Waals surface area (Å²) in [5, 5.41) is 1.08. The van der Waals surface area contributed by atoms with Crippen molar-refractivity contribution in [3.05, 3.63) is 72.0 Å². The standard InChI is InChI=1S/C21H22N2O2.ClH/c22-19-14-23(13-18(19)15-6-2-1-3-7-15)21(24)11-10-17-12-16-8-4-5-9-20(16)25-17;/h1-9,12,18-19H,10-11,13-14,22H2;1H/t18-,19+;/m0./s1. The average Bonchev–Trinajstić information content (AvgIpc) is 3.23. The molecule has 1 aliphatic heterocycles. The number of furan rings is 1. The van der Waals surface area contributed by atoms with E-state index < -0.39 is 0 Å². The third kappa shape index (κ3) is 3.76. The summed E-state index contributed by atoms with van der Waals surface area (Å²) in [7, 11) is 0. The number of fused-ring (bicyclic) bond motifs is 1. The van der Waals surface area contributed by atoms with Crippen molar-refractivity contribution in [3.8, 4) is 0 Å². The summed E-state index contributed by atoms with van der Waals surface area (Å²) in [6.07, 6.45) is 1.07. The second-order valence-electron chi connectivity index (χ2n) is 6.73. The zero-order valence-corrected chi connectivity index (χ0v) is 15.3. The van der Waals surface area contributed by atoms with Gasteiger partial charge in [-0.2, -0.15) is 0 Å². The van der Waals surface area contributed by atoms with E-state index in [4.69, 9.17) is 10.2 Å². The van der Waals surface area contributed by atoms with Crippen molar-refractivity contribution < 1.29 is 9.21 Å². The van der Waals surface area contributed by atoms with Crippen LogP contribution in [0, 0.1) is 0 Å². The minimum atomic E-state index is -0.00227. The second kappa shape index (κ2) is 7.94. The van der Waals surface area contributed by atoms with E-state index in [1.807, 2.05) is 53.4 Å². The molecule has 2 N–H and O–H groups in total. The first-order chi connectivity index (χ1) is 12.2. The van der Waals surface area contributed by atoms with Gasteiger partial charge in [-0.3, -0.25) is 4.79 Å². The Bertz CT molecular complexity index is 845. The monoisotopic (exact) mass is 370 g/mol. The van der Waals surface area contributed by atoms with E-state index in [2.05, 4.69) is 12.1 Å². The first-order valence-electron chi connectivity index (χ1n) is 8.76. The molecule has 136 valence electrons. The lowest BCUT2D eigenvalue weighted by molar-refractivity contribution is -0.130. The molecule has 1 fully saturated rings. The van der Waals surface area contributed by atoms with Gasteiger partial charge in [-0.15, -0.1) is 12.4 Å². The Kier molecular flexibility index (Phi) is 5.64. The van der Waals surface area contributed by atoms with Crippen LogP contribution in [0.15, 0.2) is 65.1 Å². The van der Waals surface area contributed by atoms with Crippen molar-refractivity contribution in [1.29, 1.82) is 0 Å². The van der Waals surface area contributed by atoms with Crippen molar-refractivity contribution in [3.63, 3.8) is 0 Å². The van der Waals surface area contributed by atoms with Crippen LogP contribution in [0.2, 0.25) is 0 Å². The summed E-state index contributed by atoms with van der Waals surface area (Å²) in [6.45, 7) is 1.32. The lowest BCUT2D eigenvalue weighted by Crippen LogP contribution is -2.32. The highest BCUT2D eigenvalue weighted by atomic mass is 35.5. The molecule has 1 aliphatic rings. The van der Waals surface area contributed by atoms with Crippen LogP contribution in [0.25, 0.3) is 11.0 Å². The molecule has 2 atom stereocenters. The predicted octanol–water partition coefficient (Wildman–Crippen LogP) is 3.74. The molecule has 4 rings (SSSR count). The summed E-state index contributed by atoms with van der Waals surface area (Å²) >= 11 is 0. The fraction of sp³-hybridized carbons (Fsp3) is 0.286. The maximum atomic E-state index is 12.6. The molecule has 1 amide bonds. The lowest BCUT2D eigenvalue weighted by atomic mass is 9.95. The molecule has 0 saturated carbocycles. The number of carbonyl (C=O) groups excluding carboxylic acids is 1. The highest BCUT2D eigenvalue weighted by Crippen LogP contribution is 2.27.